The van der Waals surface area contributed by atoms with E-state index in [0.717, 1.165) is 22.3 Å². The van der Waals surface area contributed by atoms with Crippen LogP contribution in [0.5, 0.6) is 0 Å². The summed E-state index contributed by atoms with van der Waals surface area (Å²) in [7, 11) is 0. The number of hydrogen-bond donors (Lipinski definition) is 3. The Bertz CT molecular complexity index is 1030. The van der Waals surface area contributed by atoms with E-state index in [1.54, 1.807) is 6.07 Å². The lowest BCUT2D eigenvalue weighted by atomic mass is 10.0. The van der Waals surface area contributed by atoms with Gasteiger partial charge in [0.1, 0.15) is 6.61 Å². The van der Waals surface area contributed by atoms with E-state index >= 15 is 0 Å². The first kappa shape index (κ1) is 21.6. The molecule has 0 bridgehead atoms. The third-order valence-corrected chi connectivity index (χ3v) is 4.47. The van der Waals surface area contributed by atoms with E-state index in [0.29, 0.717) is 18.7 Å². The normalized spacial score (nSPS) is 10.6. The van der Waals surface area contributed by atoms with Crippen LogP contribution < -0.4 is 10.6 Å². The molecule has 0 fully saturated rings. The average Bonchev–Trinajstić information content (AvgIpc) is 2.78. The molecule has 0 spiro atoms. The number of amides is 2. The van der Waals surface area contributed by atoms with Crippen LogP contribution in [-0.4, -0.2) is 23.8 Å². The Labute approximate surface area is 181 Å². The van der Waals surface area contributed by atoms with Crippen molar-refractivity contribution in [3.8, 4) is 11.1 Å². The number of hydrogen-bond acceptors (Lipinski definition) is 3. The summed E-state index contributed by atoms with van der Waals surface area (Å²) < 4.78 is 5.16. The fourth-order valence-corrected chi connectivity index (χ4v) is 3.00. The number of nitrogens with one attached hydrogen (secondary N) is 2. The Morgan fingerprint density at radius 3 is 2.35 bits per heavy atom. The fraction of sp³-hybridized carbons (Fsp3) is 0.120. The third-order valence-electron chi connectivity index (χ3n) is 4.47. The second-order valence-electron chi connectivity index (χ2n) is 6.78. The second-order valence-corrected chi connectivity index (χ2v) is 6.78. The molecule has 0 saturated heterocycles. The first-order valence-corrected chi connectivity index (χ1v) is 9.92. The van der Waals surface area contributed by atoms with Gasteiger partial charge in [0.2, 0.25) is 0 Å². The smallest absolute Gasteiger partial charge is 0.409 e. The fourth-order valence-electron chi connectivity index (χ4n) is 3.00. The van der Waals surface area contributed by atoms with Crippen molar-refractivity contribution in [3.05, 3.63) is 96.1 Å². The van der Waals surface area contributed by atoms with Crippen molar-refractivity contribution in [3.63, 3.8) is 0 Å². The highest BCUT2D eigenvalue weighted by Gasteiger charge is 2.08. The lowest BCUT2D eigenvalue weighted by Crippen LogP contribution is -2.24. The van der Waals surface area contributed by atoms with Gasteiger partial charge in [-0.2, -0.15) is 0 Å². The van der Waals surface area contributed by atoms with E-state index in [4.69, 9.17) is 9.84 Å². The summed E-state index contributed by atoms with van der Waals surface area (Å²) in [5.74, 6) is 0. The maximum atomic E-state index is 11.7. The molecule has 0 aliphatic rings. The van der Waals surface area contributed by atoms with Gasteiger partial charge in [-0.15, -0.1) is 0 Å². The van der Waals surface area contributed by atoms with E-state index in [2.05, 4.69) is 10.6 Å². The quantitative estimate of drug-likeness (QED) is 0.407. The highest BCUT2D eigenvalue weighted by Crippen LogP contribution is 2.29. The molecule has 6 heteroatoms. The van der Waals surface area contributed by atoms with Gasteiger partial charge in [-0.05, 0) is 29.2 Å². The van der Waals surface area contributed by atoms with Gasteiger partial charge in [-0.1, -0.05) is 84.9 Å². The van der Waals surface area contributed by atoms with Crippen LogP contribution in [0.15, 0.2) is 84.9 Å². The molecule has 3 N–H and O–H groups in total. The number of rotatable bonds is 8. The molecule has 0 saturated carbocycles. The van der Waals surface area contributed by atoms with Crippen molar-refractivity contribution in [2.75, 3.05) is 11.9 Å². The molecule has 31 heavy (non-hydrogen) atoms. The van der Waals surface area contributed by atoms with Gasteiger partial charge in [0.15, 0.2) is 0 Å². The monoisotopic (exact) mass is 416 g/mol. The maximum absolute atomic E-state index is 11.7. The Balaban J connectivity index is 1.52. The topological polar surface area (TPSA) is 87.7 Å². The minimum Gasteiger partial charge on any atom is -0.465 e. The predicted molar refractivity (Wildman–Crippen MR) is 122 cm³/mol. The maximum Gasteiger partial charge on any atom is 0.409 e. The van der Waals surface area contributed by atoms with Crippen LogP contribution in [0, 0.1) is 0 Å². The summed E-state index contributed by atoms with van der Waals surface area (Å²) in [4.78, 5) is 22.9. The molecular formula is C25H24N2O4. The Morgan fingerprint density at radius 1 is 0.935 bits per heavy atom. The molecule has 3 aromatic carbocycles. The number of carboxylic acid groups (broad SMARTS) is 1. The van der Waals surface area contributed by atoms with Gasteiger partial charge >= 0.3 is 12.2 Å². The lowest BCUT2D eigenvalue weighted by molar-refractivity contribution is 0.140. The van der Waals surface area contributed by atoms with Gasteiger partial charge in [-0.3, -0.25) is 5.32 Å². The molecule has 0 unspecified atom stereocenters. The summed E-state index contributed by atoms with van der Waals surface area (Å²) >= 11 is 0. The summed E-state index contributed by atoms with van der Waals surface area (Å²) in [5.41, 5.74) is 4.05. The van der Waals surface area contributed by atoms with E-state index in [-0.39, 0.29) is 6.61 Å². The summed E-state index contributed by atoms with van der Waals surface area (Å²) in [5, 5.41) is 14.3. The highest BCUT2D eigenvalue weighted by atomic mass is 16.5. The predicted octanol–water partition coefficient (Wildman–Crippen LogP) is 5.77. The Hall–Kier alpha value is -4.06. The van der Waals surface area contributed by atoms with E-state index in [1.807, 2.05) is 84.9 Å². The Morgan fingerprint density at radius 2 is 1.65 bits per heavy atom. The molecule has 0 atom stereocenters. The largest absolute Gasteiger partial charge is 0.465 e. The van der Waals surface area contributed by atoms with Gasteiger partial charge < -0.3 is 15.2 Å². The number of carbonyl (C=O) groups is 2. The van der Waals surface area contributed by atoms with E-state index in [9.17, 15) is 9.59 Å². The molecule has 0 aliphatic carbocycles. The van der Waals surface area contributed by atoms with Crippen LogP contribution in [0.1, 0.15) is 17.5 Å². The van der Waals surface area contributed by atoms with Crippen molar-refractivity contribution >= 4 is 23.9 Å². The number of anilines is 1. The van der Waals surface area contributed by atoms with Crippen molar-refractivity contribution in [2.24, 2.45) is 0 Å². The number of alkyl carbamates (subject to hydrolysis) is 1. The second kappa shape index (κ2) is 11.2. The van der Waals surface area contributed by atoms with Crippen LogP contribution in [0.25, 0.3) is 17.2 Å². The molecule has 158 valence electrons. The third kappa shape index (κ3) is 7.04. The summed E-state index contributed by atoms with van der Waals surface area (Å²) in [6, 6.07) is 24.7. The molecule has 0 heterocycles. The van der Waals surface area contributed by atoms with Gasteiger partial charge in [0.25, 0.3) is 0 Å². The van der Waals surface area contributed by atoms with Crippen molar-refractivity contribution < 1.29 is 19.4 Å². The van der Waals surface area contributed by atoms with E-state index < -0.39 is 12.2 Å². The molecule has 0 radical (unpaired) electrons. The van der Waals surface area contributed by atoms with Crippen molar-refractivity contribution in [2.45, 2.75) is 13.0 Å². The molecule has 3 rings (SSSR count). The van der Waals surface area contributed by atoms with E-state index in [1.165, 1.54) is 0 Å². The van der Waals surface area contributed by atoms with Crippen LogP contribution in [0.4, 0.5) is 15.3 Å². The molecule has 0 aromatic heterocycles. The van der Waals surface area contributed by atoms with Gasteiger partial charge in [0, 0.05) is 12.1 Å². The zero-order valence-corrected chi connectivity index (χ0v) is 17.0. The molecule has 0 aliphatic heterocycles. The number of benzene rings is 3. The van der Waals surface area contributed by atoms with Crippen LogP contribution in [0.3, 0.4) is 0 Å². The summed E-state index contributed by atoms with van der Waals surface area (Å²) in [6.07, 6.45) is 2.84. The van der Waals surface area contributed by atoms with Crippen LogP contribution >= 0.6 is 0 Å². The van der Waals surface area contributed by atoms with Gasteiger partial charge in [-0.25, -0.2) is 9.59 Å². The zero-order valence-electron chi connectivity index (χ0n) is 17.0. The van der Waals surface area contributed by atoms with Crippen molar-refractivity contribution in [1.29, 1.82) is 0 Å². The first-order chi connectivity index (χ1) is 15.1. The SMILES string of the molecule is O=C(O)Nc1cc(C=CCCNC(=O)OCc2ccccc2)ccc1-c1ccccc1. The minimum absolute atomic E-state index is 0.232. The molecule has 6 nitrogen and oxygen atoms in total. The summed E-state index contributed by atoms with van der Waals surface area (Å²) in [6.45, 7) is 0.669. The van der Waals surface area contributed by atoms with Crippen LogP contribution in [-0.2, 0) is 11.3 Å². The highest BCUT2D eigenvalue weighted by molar-refractivity contribution is 5.91. The standard InChI is InChI=1S/C25H24N2O4/c28-24(29)27-23-17-19(14-15-22(23)21-12-5-2-6-13-21)9-7-8-16-26-25(30)31-18-20-10-3-1-4-11-20/h1-7,9-15,17,27H,8,16,18H2,(H,26,30)(H,28,29). The minimum atomic E-state index is -1.11. The number of carbonyl (C=O) groups excluding carboxylic acids is 1. The first-order valence-electron chi connectivity index (χ1n) is 9.92. The van der Waals surface area contributed by atoms with Gasteiger partial charge in [0.05, 0.1) is 5.69 Å². The molecular weight excluding hydrogens is 392 g/mol. The molecule has 3 aromatic rings. The lowest BCUT2D eigenvalue weighted by Gasteiger charge is -2.10. The van der Waals surface area contributed by atoms with Crippen LogP contribution in [0.2, 0.25) is 0 Å². The Kier molecular flexibility index (Phi) is 7.83. The van der Waals surface area contributed by atoms with Crippen molar-refractivity contribution in [1.82, 2.24) is 5.32 Å². The average molecular weight is 416 g/mol. The zero-order chi connectivity index (χ0) is 21.9. The number of ether oxygens (including phenoxy) is 1. The molecule has 2 amide bonds.